The molecule has 2 aromatic rings. The van der Waals surface area contributed by atoms with Gasteiger partial charge in [-0.2, -0.15) is 0 Å². The van der Waals surface area contributed by atoms with E-state index in [1.807, 2.05) is 6.92 Å². The molecule has 0 aliphatic rings. The minimum atomic E-state index is -0.634. The third-order valence-corrected chi connectivity index (χ3v) is 3.92. The standard InChI is InChI=1S/C13H9BrClN3O3/c1-7-5-8(6-16-12(7)14)17-13(19)9-3-2-4-10(11(9)15)18(20)21/h2-6H,1H3,(H,17,19). The Morgan fingerprint density at radius 2 is 2.19 bits per heavy atom. The van der Waals surface area contributed by atoms with Crippen molar-refractivity contribution in [3.05, 3.63) is 61.3 Å². The number of nitrogens with one attached hydrogen (secondary N) is 1. The summed E-state index contributed by atoms with van der Waals surface area (Å²) in [6.45, 7) is 1.83. The number of carbonyl (C=O) groups excluding carboxylic acids is 1. The van der Waals surface area contributed by atoms with Crippen molar-refractivity contribution in [1.82, 2.24) is 4.98 Å². The van der Waals surface area contributed by atoms with Gasteiger partial charge in [-0.15, -0.1) is 0 Å². The molecule has 0 saturated heterocycles. The monoisotopic (exact) mass is 369 g/mol. The first-order chi connectivity index (χ1) is 9.90. The van der Waals surface area contributed by atoms with E-state index in [0.717, 1.165) is 5.56 Å². The maximum absolute atomic E-state index is 12.1. The molecule has 0 aliphatic heterocycles. The van der Waals surface area contributed by atoms with Crippen molar-refractivity contribution in [3.8, 4) is 0 Å². The molecule has 2 rings (SSSR count). The molecule has 0 unspecified atom stereocenters. The molecule has 1 heterocycles. The molecule has 0 spiro atoms. The fourth-order valence-corrected chi connectivity index (χ4v) is 2.16. The summed E-state index contributed by atoms with van der Waals surface area (Å²) in [5.41, 5.74) is 1.04. The lowest BCUT2D eigenvalue weighted by atomic mass is 10.2. The molecule has 0 fully saturated rings. The first-order valence-corrected chi connectivity index (χ1v) is 6.93. The molecule has 1 N–H and O–H groups in total. The minimum absolute atomic E-state index is 0.0337. The van der Waals surface area contributed by atoms with Crippen molar-refractivity contribution in [2.75, 3.05) is 5.32 Å². The number of rotatable bonds is 3. The zero-order valence-electron chi connectivity index (χ0n) is 10.8. The van der Waals surface area contributed by atoms with Gasteiger partial charge in [-0.1, -0.05) is 17.7 Å². The van der Waals surface area contributed by atoms with E-state index >= 15 is 0 Å². The smallest absolute Gasteiger partial charge is 0.288 e. The lowest BCUT2D eigenvalue weighted by Crippen LogP contribution is -2.13. The Bertz CT molecular complexity index is 737. The fourth-order valence-electron chi connectivity index (χ4n) is 1.66. The number of hydrogen-bond acceptors (Lipinski definition) is 4. The quantitative estimate of drug-likeness (QED) is 0.503. The average Bonchev–Trinajstić information content (AvgIpc) is 2.42. The van der Waals surface area contributed by atoms with Crippen LogP contribution in [0.5, 0.6) is 0 Å². The second-order valence-corrected chi connectivity index (χ2v) is 5.31. The number of pyridine rings is 1. The number of anilines is 1. The molecule has 0 saturated carbocycles. The average molecular weight is 371 g/mol. The molecule has 0 radical (unpaired) electrons. The Hall–Kier alpha value is -1.99. The van der Waals surface area contributed by atoms with Crippen LogP contribution in [0.25, 0.3) is 0 Å². The van der Waals surface area contributed by atoms with Crippen molar-refractivity contribution < 1.29 is 9.72 Å². The van der Waals surface area contributed by atoms with Gasteiger partial charge >= 0.3 is 0 Å². The van der Waals surface area contributed by atoms with Gasteiger partial charge in [0.25, 0.3) is 11.6 Å². The molecular weight excluding hydrogens is 362 g/mol. The van der Waals surface area contributed by atoms with E-state index in [1.54, 1.807) is 6.07 Å². The van der Waals surface area contributed by atoms with Crippen LogP contribution < -0.4 is 5.32 Å². The summed E-state index contributed by atoms with van der Waals surface area (Å²) >= 11 is 9.15. The van der Waals surface area contributed by atoms with Gasteiger partial charge in [0.2, 0.25) is 0 Å². The van der Waals surface area contributed by atoms with Crippen LogP contribution in [-0.2, 0) is 0 Å². The lowest BCUT2D eigenvalue weighted by molar-refractivity contribution is -0.384. The Kier molecular flexibility index (Phi) is 4.54. The first-order valence-electron chi connectivity index (χ1n) is 5.76. The topological polar surface area (TPSA) is 85.1 Å². The van der Waals surface area contributed by atoms with E-state index in [-0.39, 0.29) is 16.3 Å². The minimum Gasteiger partial charge on any atom is -0.321 e. The van der Waals surface area contributed by atoms with E-state index < -0.39 is 10.8 Å². The van der Waals surface area contributed by atoms with Gasteiger partial charge in [0.05, 0.1) is 22.4 Å². The van der Waals surface area contributed by atoms with Gasteiger partial charge in [-0.25, -0.2) is 4.98 Å². The molecular formula is C13H9BrClN3O3. The molecule has 0 aliphatic carbocycles. The van der Waals surface area contributed by atoms with Crippen molar-refractivity contribution >= 4 is 44.8 Å². The molecule has 0 atom stereocenters. The van der Waals surface area contributed by atoms with Crippen LogP contribution in [0.15, 0.2) is 35.1 Å². The first kappa shape index (κ1) is 15.4. The highest BCUT2D eigenvalue weighted by Crippen LogP contribution is 2.28. The number of nitrogens with zero attached hydrogens (tertiary/aromatic N) is 2. The van der Waals surface area contributed by atoms with E-state index in [4.69, 9.17) is 11.6 Å². The lowest BCUT2D eigenvalue weighted by Gasteiger charge is -2.08. The highest BCUT2D eigenvalue weighted by molar-refractivity contribution is 9.10. The highest BCUT2D eigenvalue weighted by Gasteiger charge is 2.20. The van der Waals surface area contributed by atoms with Crippen LogP contribution in [0.3, 0.4) is 0 Å². The van der Waals surface area contributed by atoms with Gasteiger partial charge in [-0.05, 0) is 40.5 Å². The second kappa shape index (κ2) is 6.19. The Labute approximate surface area is 133 Å². The summed E-state index contributed by atoms with van der Waals surface area (Å²) in [7, 11) is 0. The fraction of sp³-hybridized carbons (Fsp3) is 0.0769. The van der Waals surface area contributed by atoms with Crippen molar-refractivity contribution in [3.63, 3.8) is 0 Å². The summed E-state index contributed by atoms with van der Waals surface area (Å²) in [5, 5.41) is 13.2. The number of amides is 1. The number of aromatic nitrogens is 1. The molecule has 1 aromatic carbocycles. The largest absolute Gasteiger partial charge is 0.321 e. The maximum atomic E-state index is 12.1. The van der Waals surface area contributed by atoms with Crippen LogP contribution in [0.2, 0.25) is 5.02 Å². The van der Waals surface area contributed by atoms with Crippen molar-refractivity contribution in [2.45, 2.75) is 6.92 Å². The van der Waals surface area contributed by atoms with Crippen LogP contribution in [-0.4, -0.2) is 15.8 Å². The van der Waals surface area contributed by atoms with Crippen molar-refractivity contribution in [1.29, 1.82) is 0 Å². The Morgan fingerprint density at radius 3 is 2.81 bits per heavy atom. The SMILES string of the molecule is Cc1cc(NC(=O)c2cccc([N+](=O)[O-])c2Cl)cnc1Br. The number of benzene rings is 1. The Balaban J connectivity index is 2.30. The van der Waals surface area contributed by atoms with E-state index in [0.29, 0.717) is 10.3 Å². The van der Waals surface area contributed by atoms with Crippen LogP contribution in [0.4, 0.5) is 11.4 Å². The maximum Gasteiger partial charge on any atom is 0.288 e. The third kappa shape index (κ3) is 3.37. The summed E-state index contributed by atoms with van der Waals surface area (Å²) in [6.07, 6.45) is 1.47. The third-order valence-electron chi connectivity index (χ3n) is 2.69. The van der Waals surface area contributed by atoms with Gasteiger partial charge in [0.1, 0.15) is 9.63 Å². The zero-order chi connectivity index (χ0) is 15.6. The zero-order valence-corrected chi connectivity index (χ0v) is 13.1. The summed E-state index contributed by atoms with van der Waals surface area (Å²) in [5.74, 6) is -0.535. The summed E-state index contributed by atoms with van der Waals surface area (Å²) < 4.78 is 0.675. The second-order valence-electron chi connectivity index (χ2n) is 4.18. The van der Waals surface area contributed by atoms with Crippen LogP contribution >= 0.6 is 27.5 Å². The molecule has 21 heavy (non-hydrogen) atoms. The van der Waals surface area contributed by atoms with Crippen LogP contribution in [0, 0.1) is 17.0 Å². The number of aryl methyl sites for hydroxylation is 1. The summed E-state index contributed by atoms with van der Waals surface area (Å²) in [4.78, 5) is 26.4. The van der Waals surface area contributed by atoms with Gasteiger partial charge in [-0.3, -0.25) is 14.9 Å². The van der Waals surface area contributed by atoms with Crippen LogP contribution in [0.1, 0.15) is 15.9 Å². The van der Waals surface area contributed by atoms with Gasteiger partial charge < -0.3 is 5.32 Å². The predicted octanol–water partition coefficient (Wildman–Crippen LogP) is 3.97. The normalized spacial score (nSPS) is 10.2. The number of nitro benzene ring substituents is 1. The molecule has 1 amide bonds. The molecule has 0 bridgehead atoms. The van der Waals surface area contributed by atoms with Gasteiger partial charge in [0, 0.05) is 6.07 Å². The number of hydrogen-bond donors (Lipinski definition) is 1. The van der Waals surface area contributed by atoms with E-state index in [9.17, 15) is 14.9 Å². The molecule has 8 heteroatoms. The molecule has 108 valence electrons. The van der Waals surface area contributed by atoms with E-state index in [2.05, 4.69) is 26.2 Å². The number of nitro groups is 1. The molecule has 6 nitrogen and oxygen atoms in total. The number of halogens is 2. The summed E-state index contributed by atoms with van der Waals surface area (Å²) in [6, 6.07) is 5.79. The van der Waals surface area contributed by atoms with Gasteiger partial charge in [0.15, 0.2) is 0 Å². The van der Waals surface area contributed by atoms with Crippen molar-refractivity contribution in [2.24, 2.45) is 0 Å². The van der Waals surface area contributed by atoms with E-state index in [1.165, 1.54) is 24.4 Å². The Morgan fingerprint density at radius 1 is 1.48 bits per heavy atom. The molecule has 1 aromatic heterocycles. The number of carbonyl (C=O) groups is 1. The predicted molar refractivity (Wildman–Crippen MR) is 82.7 cm³/mol. The highest BCUT2D eigenvalue weighted by atomic mass is 79.9.